The number of oxime groups is 1. The van der Waals surface area contributed by atoms with Crippen molar-refractivity contribution in [3.05, 3.63) is 23.9 Å². The minimum Gasteiger partial charge on any atom is -0.409 e. The lowest BCUT2D eigenvalue weighted by molar-refractivity contribution is -0.121. The number of amidine groups is 1. The minimum absolute atomic E-state index is 0.0750. The van der Waals surface area contributed by atoms with Gasteiger partial charge in [-0.05, 0) is 25.0 Å². The third kappa shape index (κ3) is 3.72. The Morgan fingerprint density at radius 1 is 1.41 bits per heavy atom. The standard InChI is InChI=1S/C17H22N8O2/c18-8-7-15(26)22-11-3-1-2-4-12(11)23-16-10(17(20)24-27)9-21-25-13(16)5-6-14(25)19/h5-6,9,11-12,23,27H,1-4,7,19H2,(H2,20,24)(H,22,26)/t11-,12-/m0/s1. The molecule has 7 N–H and O–H groups in total. The number of hydrogen-bond acceptors (Lipinski definition) is 7. The number of carbonyl (C=O) groups excluding carboxylic acids is 1. The Kier molecular flexibility index (Phi) is 5.30. The van der Waals surface area contributed by atoms with Gasteiger partial charge < -0.3 is 27.3 Å². The molecule has 1 aliphatic rings. The van der Waals surface area contributed by atoms with Crippen molar-refractivity contribution >= 4 is 28.8 Å². The van der Waals surface area contributed by atoms with Crippen LogP contribution in [0.2, 0.25) is 0 Å². The fourth-order valence-electron chi connectivity index (χ4n) is 3.47. The lowest BCUT2D eigenvalue weighted by Gasteiger charge is -2.34. The summed E-state index contributed by atoms with van der Waals surface area (Å²) in [5.41, 5.74) is 13.5. The fourth-order valence-corrected chi connectivity index (χ4v) is 3.47. The molecule has 0 unspecified atom stereocenters. The van der Waals surface area contributed by atoms with E-state index in [1.807, 2.05) is 6.07 Å². The third-order valence-corrected chi connectivity index (χ3v) is 4.78. The number of hydrogen-bond donors (Lipinski definition) is 5. The van der Waals surface area contributed by atoms with Gasteiger partial charge in [0.05, 0.1) is 29.0 Å². The number of nitrogens with one attached hydrogen (secondary N) is 2. The van der Waals surface area contributed by atoms with Crippen LogP contribution in [0.15, 0.2) is 23.5 Å². The molecule has 2 aromatic rings. The molecule has 1 saturated carbocycles. The monoisotopic (exact) mass is 370 g/mol. The molecule has 1 amide bonds. The van der Waals surface area contributed by atoms with Gasteiger partial charge in [0.1, 0.15) is 12.2 Å². The first-order chi connectivity index (χ1) is 13.0. The Balaban J connectivity index is 1.95. The van der Waals surface area contributed by atoms with Gasteiger partial charge >= 0.3 is 0 Å². The summed E-state index contributed by atoms with van der Waals surface area (Å²) in [4.78, 5) is 11.9. The van der Waals surface area contributed by atoms with Crippen LogP contribution in [0.4, 0.5) is 11.5 Å². The summed E-state index contributed by atoms with van der Waals surface area (Å²) >= 11 is 0. The van der Waals surface area contributed by atoms with E-state index in [0.717, 1.165) is 25.7 Å². The second kappa shape index (κ2) is 7.82. The van der Waals surface area contributed by atoms with Crippen molar-refractivity contribution < 1.29 is 10.0 Å². The molecule has 10 nitrogen and oxygen atoms in total. The molecule has 2 aromatic heterocycles. The highest BCUT2D eigenvalue weighted by Crippen LogP contribution is 2.29. The Morgan fingerprint density at radius 2 is 2.15 bits per heavy atom. The molecule has 1 aliphatic carbocycles. The molecule has 0 aliphatic heterocycles. The normalized spacial score (nSPS) is 20.2. The molecule has 0 spiro atoms. The van der Waals surface area contributed by atoms with Gasteiger partial charge in [0, 0.05) is 12.1 Å². The van der Waals surface area contributed by atoms with Crippen LogP contribution in [0.5, 0.6) is 0 Å². The van der Waals surface area contributed by atoms with Crippen molar-refractivity contribution in [2.45, 2.75) is 44.2 Å². The zero-order valence-electron chi connectivity index (χ0n) is 14.7. The molecule has 1 fully saturated rings. The molecule has 3 rings (SSSR count). The summed E-state index contributed by atoms with van der Waals surface area (Å²) in [7, 11) is 0. The first kappa shape index (κ1) is 18.3. The summed E-state index contributed by atoms with van der Waals surface area (Å²) in [5.74, 6) is 0.0921. The van der Waals surface area contributed by atoms with Crippen LogP contribution in [0.25, 0.3) is 5.52 Å². The molecule has 0 bridgehead atoms. The molecule has 0 aromatic carbocycles. The van der Waals surface area contributed by atoms with Crippen molar-refractivity contribution in [3.8, 4) is 6.07 Å². The van der Waals surface area contributed by atoms with Gasteiger partial charge in [-0.25, -0.2) is 4.52 Å². The van der Waals surface area contributed by atoms with Gasteiger partial charge in [-0.1, -0.05) is 18.0 Å². The van der Waals surface area contributed by atoms with Gasteiger partial charge in [0.25, 0.3) is 0 Å². The lowest BCUT2D eigenvalue weighted by Crippen LogP contribution is -2.48. The van der Waals surface area contributed by atoms with E-state index in [-0.39, 0.29) is 30.2 Å². The maximum atomic E-state index is 11.9. The number of aromatic nitrogens is 2. The summed E-state index contributed by atoms with van der Waals surface area (Å²) in [6.45, 7) is 0. The van der Waals surface area contributed by atoms with Crippen molar-refractivity contribution in [2.75, 3.05) is 11.1 Å². The Hall–Kier alpha value is -3.48. The van der Waals surface area contributed by atoms with Crippen molar-refractivity contribution in [2.24, 2.45) is 10.9 Å². The maximum Gasteiger partial charge on any atom is 0.234 e. The average molecular weight is 370 g/mol. The molecular weight excluding hydrogens is 348 g/mol. The number of rotatable bonds is 5. The Labute approximate surface area is 155 Å². The third-order valence-electron chi connectivity index (χ3n) is 4.78. The number of nitrogen functional groups attached to an aromatic ring is 1. The van der Waals surface area contributed by atoms with Gasteiger partial charge in [-0.3, -0.25) is 4.79 Å². The molecular formula is C17H22N8O2. The Morgan fingerprint density at radius 3 is 2.85 bits per heavy atom. The van der Waals surface area contributed by atoms with Crippen LogP contribution < -0.4 is 22.1 Å². The zero-order valence-corrected chi connectivity index (χ0v) is 14.7. The molecule has 0 radical (unpaired) electrons. The highest BCUT2D eigenvalue weighted by molar-refractivity contribution is 6.05. The topological polar surface area (TPSA) is 167 Å². The van der Waals surface area contributed by atoms with E-state index in [9.17, 15) is 4.79 Å². The van der Waals surface area contributed by atoms with Gasteiger partial charge in [-0.2, -0.15) is 10.4 Å². The minimum atomic E-state index is -0.292. The van der Waals surface area contributed by atoms with Gasteiger partial charge in [0.2, 0.25) is 5.91 Å². The van der Waals surface area contributed by atoms with Crippen LogP contribution in [-0.2, 0) is 4.79 Å². The lowest BCUT2D eigenvalue weighted by atomic mass is 9.89. The second-order valence-electron chi connectivity index (χ2n) is 6.52. The summed E-state index contributed by atoms with van der Waals surface area (Å²) in [6, 6.07) is 5.18. The van der Waals surface area contributed by atoms with Crippen LogP contribution in [0.1, 0.15) is 37.7 Å². The maximum absolute atomic E-state index is 11.9. The number of nitriles is 1. The number of carbonyl (C=O) groups is 1. The molecule has 0 saturated heterocycles. The SMILES string of the molecule is N#CCC(=O)N[C@H]1CCCC[C@@H]1Nc1c(C(N)=NO)cnn2c(N)ccc12. The molecule has 2 atom stereocenters. The molecule has 10 heteroatoms. The number of amides is 1. The van der Waals surface area contributed by atoms with Crippen LogP contribution in [-0.4, -0.2) is 38.6 Å². The number of fused-ring (bicyclic) bond motifs is 1. The summed E-state index contributed by atoms with van der Waals surface area (Å²) in [5, 5.41) is 31.5. The van der Waals surface area contributed by atoms with E-state index in [1.165, 1.54) is 6.20 Å². The fraction of sp³-hybridized carbons (Fsp3) is 0.412. The number of nitrogens with two attached hydrogens (primary N) is 2. The van der Waals surface area contributed by atoms with Crippen molar-refractivity contribution in [3.63, 3.8) is 0 Å². The van der Waals surface area contributed by atoms with E-state index in [0.29, 0.717) is 22.6 Å². The first-order valence-electron chi connectivity index (χ1n) is 8.72. The largest absolute Gasteiger partial charge is 0.409 e. The van der Waals surface area contributed by atoms with Crippen LogP contribution in [0.3, 0.4) is 0 Å². The molecule has 2 heterocycles. The van der Waals surface area contributed by atoms with Gasteiger partial charge in [-0.15, -0.1) is 0 Å². The quantitative estimate of drug-likeness (QED) is 0.224. The van der Waals surface area contributed by atoms with E-state index in [1.54, 1.807) is 16.6 Å². The summed E-state index contributed by atoms with van der Waals surface area (Å²) < 4.78 is 1.56. The van der Waals surface area contributed by atoms with Crippen molar-refractivity contribution in [1.82, 2.24) is 14.9 Å². The summed E-state index contributed by atoms with van der Waals surface area (Å²) in [6.07, 6.45) is 4.94. The predicted octanol–water partition coefficient (Wildman–Crippen LogP) is 0.764. The Bertz CT molecular complexity index is 914. The molecule has 27 heavy (non-hydrogen) atoms. The molecule has 142 valence electrons. The highest BCUT2D eigenvalue weighted by Gasteiger charge is 2.28. The van der Waals surface area contributed by atoms with Crippen LogP contribution >= 0.6 is 0 Å². The predicted molar refractivity (Wildman–Crippen MR) is 100 cm³/mol. The average Bonchev–Trinajstić information content (AvgIpc) is 3.04. The number of anilines is 2. The zero-order chi connectivity index (χ0) is 19.4. The van der Waals surface area contributed by atoms with E-state index in [4.69, 9.17) is 21.9 Å². The second-order valence-corrected chi connectivity index (χ2v) is 6.52. The van der Waals surface area contributed by atoms with E-state index < -0.39 is 0 Å². The van der Waals surface area contributed by atoms with Crippen molar-refractivity contribution in [1.29, 1.82) is 5.26 Å². The first-order valence-corrected chi connectivity index (χ1v) is 8.72. The highest BCUT2D eigenvalue weighted by atomic mass is 16.4. The van der Waals surface area contributed by atoms with E-state index in [2.05, 4.69) is 20.9 Å². The smallest absolute Gasteiger partial charge is 0.234 e. The number of nitrogens with zero attached hydrogens (tertiary/aromatic N) is 4. The van der Waals surface area contributed by atoms with Gasteiger partial charge in [0.15, 0.2) is 5.84 Å². The van der Waals surface area contributed by atoms with Crippen LogP contribution in [0, 0.1) is 11.3 Å². The van der Waals surface area contributed by atoms with E-state index >= 15 is 0 Å².